The van der Waals surface area contributed by atoms with Gasteiger partial charge in [0.15, 0.2) is 0 Å². The second-order valence-electron chi connectivity index (χ2n) is 5.97. The smallest absolute Gasteiger partial charge is 0.260 e. The SMILES string of the molecule is CC12CSc3ccc(O)cc3C1=NN(c1ccc(Cl)c(Cl)c1)C2=O. The number of amides is 1. The first-order valence-electron chi connectivity index (χ1n) is 7.25. The van der Waals surface area contributed by atoms with Crippen LogP contribution in [0.5, 0.6) is 5.75 Å². The van der Waals surface area contributed by atoms with Crippen molar-refractivity contribution in [3.05, 3.63) is 52.0 Å². The van der Waals surface area contributed by atoms with Crippen LogP contribution in [0.2, 0.25) is 10.0 Å². The number of benzene rings is 2. The second kappa shape index (κ2) is 5.41. The zero-order chi connectivity index (χ0) is 17.1. The lowest BCUT2D eigenvalue weighted by Crippen LogP contribution is -2.41. The van der Waals surface area contributed by atoms with Gasteiger partial charge in [-0.15, -0.1) is 11.8 Å². The van der Waals surface area contributed by atoms with Gasteiger partial charge in [0.2, 0.25) is 0 Å². The van der Waals surface area contributed by atoms with E-state index in [2.05, 4.69) is 5.10 Å². The van der Waals surface area contributed by atoms with Crippen molar-refractivity contribution >= 4 is 52.3 Å². The lowest BCUT2D eigenvalue weighted by Gasteiger charge is -2.29. The number of carbonyl (C=O) groups excluding carboxylic acids is 1. The van der Waals surface area contributed by atoms with Gasteiger partial charge in [-0.05, 0) is 43.3 Å². The summed E-state index contributed by atoms with van der Waals surface area (Å²) in [5.41, 5.74) is 1.30. The molecule has 2 aromatic carbocycles. The van der Waals surface area contributed by atoms with E-state index in [1.165, 1.54) is 5.01 Å². The van der Waals surface area contributed by atoms with Gasteiger partial charge < -0.3 is 5.11 Å². The summed E-state index contributed by atoms with van der Waals surface area (Å²) >= 11 is 13.6. The third-order valence-corrected chi connectivity index (χ3v) is 6.40. The maximum atomic E-state index is 13.0. The molecule has 0 spiro atoms. The fourth-order valence-corrected chi connectivity index (χ4v) is 4.39. The summed E-state index contributed by atoms with van der Waals surface area (Å²) in [4.78, 5) is 14.0. The highest BCUT2D eigenvalue weighted by atomic mass is 35.5. The molecule has 0 saturated heterocycles. The van der Waals surface area contributed by atoms with E-state index in [1.54, 1.807) is 42.1 Å². The molecule has 0 saturated carbocycles. The number of thioether (sulfide) groups is 1. The van der Waals surface area contributed by atoms with Crippen LogP contribution in [0.25, 0.3) is 0 Å². The molecule has 0 fully saturated rings. The predicted molar refractivity (Wildman–Crippen MR) is 97.4 cm³/mol. The molecule has 2 aliphatic heterocycles. The Morgan fingerprint density at radius 3 is 2.75 bits per heavy atom. The van der Waals surface area contributed by atoms with E-state index in [9.17, 15) is 9.90 Å². The van der Waals surface area contributed by atoms with Crippen LogP contribution in [-0.4, -0.2) is 22.5 Å². The predicted octanol–water partition coefficient (Wildman–Crippen LogP) is 4.56. The summed E-state index contributed by atoms with van der Waals surface area (Å²) in [6, 6.07) is 10.1. The Labute approximate surface area is 153 Å². The van der Waals surface area contributed by atoms with Gasteiger partial charge in [0.25, 0.3) is 5.91 Å². The first kappa shape index (κ1) is 15.8. The standard InChI is InChI=1S/C17H12Cl2N2O2S/c1-17-8-24-14-5-3-10(22)7-11(14)15(17)20-21(16(17)23)9-2-4-12(18)13(19)6-9/h2-7,22H,8H2,1H3. The molecule has 4 rings (SSSR count). The van der Waals surface area contributed by atoms with Gasteiger partial charge in [0, 0.05) is 16.2 Å². The number of phenols is 1. The molecule has 0 bridgehead atoms. The highest BCUT2D eigenvalue weighted by Crippen LogP contribution is 2.46. The Kier molecular flexibility index (Phi) is 3.56. The first-order valence-corrected chi connectivity index (χ1v) is 8.99. The fraction of sp³-hybridized carbons (Fsp3) is 0.176. The molecule has 7 heteroatoms. The van der Waals surface area contributed by atoms with E-state index in [0.717, 1.165) is 10.5 Å². The molecule has 1 N–H and O–H groups in total. The molecule has 4 nitrogen and oxygen atoms in total. The van der Waals surface area contributed by atoms with E-state index in [4.69, 9.17) is 23.2 Å². The summed E-state index contributed by atoms with van der Waals surface area (Å²) in [5, 5.41) is 16.5. The number of halogens is 2. The number of hydrazone groups is 1. The molecular weight excluding hydrogens is 367 g/mol. The second-order valence-corrected chi connectivity index (χ2v) is 7.80. The van der Waals surface area contributed by atoms with Gasteiger partial charge in [-0.3, -0.25) is 4.79 Å². The average molecular weight is 379 g/mol. The van der Waals surface area contributed by atoms with Crippen molar-refractivity contribution in [3.63, 3.8) is 0 Å². The normalized spacial score (nSPS) is 22.2. The maximum Gasteiger partial charge on any atom is 0.260 e. The van der Waals surface area contributed by atoms with Crippen LogP contribution in [0.4, 0.5) is 5.69 Å². The number of hydrogen-bond acceptors (Lipinski definition) is 4. The number of aromatic hydroxyl groups is 1. The Bertz CT molecular complexity index is 915. The summed E-state index contributed by atoms with van der Waals surface area (Å²) in [7, 11) is 0. The van der Waals surface area contributed by atoms with Crippen LogP contribution in [0.1, 0.15) is 12.5 Å². The molecule has 2 heterocycles. The number of rotatable bonds is 1. The Hall–Kier alpha value is -1.69. The molecule has 0 aromatic heterocycles. The number of fused-ring (bicyclic) bond motifs is 3. The first-order chi connectivity index (χ1) is 11.4. The van der Waals surface area contributed by atoms with Gasteiger partial charge in [-0.25, -0.2) is 0 Å². The van der Waals surface area contributed by atoms with Crippen molar-refractivity contribution in [2.45, 2.75) is 11.8 Å². The van der Waals surface area contributed by atoms with Crippen molar-refractivity contribution in [1.29, 1.82) is 0 Å². The fourth-order valence-electron chi connectivity index (χ4n) is 2.91. The van der Waals surface area contributed by atoms with Crippen LogP contribution >= 0.6 is 35.0 Å². The van der Waals surface area contributed by atoms with Gasteiger partial charge in [-0.2, -0.15) is 10.1 Å². The number of carbonyl (C=O) groups is 1. The number of phenolic OH excluding ortho intramolecular Hbond substituents is 1. The lowest BCUT2D eigenvalue weighted by atomic mass is 9.82. The van der Waals surface area contributed by atoms with Crippen LogP contribution in [-0.2, 0) is 4.79 Å². The van der Waals surface area contributed by atoms with E-state index >= 15 is 0 Å². The van der Waals surface area contributed by atoms with Crippen molar-refractivity contribution in [2.75, 3.05) is 10.8 Å². The Morgan fingerprint density at radius 2 is 2.00 bits per heavy atom. The van der Waals surface area contributed by atoms with Crippen LogP contribution in [0.3, 0.4) is 0 Å². The molecule has 24 heavy (non-hydrogen) atoms. The molecule has 1 unspecified atom stereocenters. The summed E-state index contributed by atoms with van der Waals surface area (Å²) in [6.07, 6.45) is 0. The monoisotopic (exact) mass is 378 g/mol. The van der Waals surface area contributed by atoms with Crippen molar-refractivity contribution in [2.24, 2.45) is 10.5 Å². The van der Waals surface area contributed by atoms with Crippen LogP contribution in [0.15, 0.2) is 46.4 Å². The topological polar surface area (TPSA) is 52.9 Å². The molecule has 2 aromatic rings. The van der Waals surface area contributed by atoms with Gasteiger partial charge in [-0.1, -0.05) is 23.2 Å². The van der Waals surface area contributed by atoms with Crippen LogP contribution in [0, 0.1) is 5.41 Å². The highest BCUT2D eigenvalue weighted by Gasteiger charge is 2.51. The average Bonchev–Trinajstić information content (AvgIpc) is 2.83. The minimum atomic E-state index is -0.739. The van der Waals surface area contributed by atoms with E-state index in [-0.39, 0.29) is 11.7 Å². The minimum absolute atomic E-state index is 0.114. The number of nitrogens with zero attached hydrogens (tertiary/aromatic N) is 2. The highest BCUT2D eigenvalue weighted by molar-refractivity contribution is 7.99. The van der Waals surface area contributed by atoms with Crippen molar-refractivity contribution in [3.8, 4) is 5.75 Å². The third kappa shape index (κ3) is 2.23. The molecular formula is C17H12Cl2N2O2S. The van der Waals surface area contributed by atoms with Gasteiger partial charge >= 0.3 is 0 Å². The summed E-state index contributed by atoms with van der Waals surface area (Å²) in [6.45, 7) is 1.88. The van der Waals surface area contributed by atoms with Crippen molar-refractivity contribution in [1.82, 2.24) is 0 Å². The zero-order valence-corrected chi connectivity index (χ0v) is 14.9. The number of hydrogen-bond donors (Lipinski definition) is 1. The minimum Gasteiger partial charge on any atom is -0.508 e. The maximum absolute atomic E-state index is 13.0. The van der Waals surface area contributed by atoms with Gasteiger partial charge in [0.05, 0.1) is 21.4 Å². The third-order valence-electron chi connectivity index (χ3n) is 4.27. The van der Waals surface area contributed by atoms with E-state index in [0.29, 0.717) is 27.2 Å². The summed E-state index contributed by atoms with van der Waals surface area (Å²) in [5.74, 6) is 0.638. The molecule has 1 atom stereocenters. The Morgan fingerprint density at radius 1 is 1.21 bits per heavy atom. The Balaban J connectivity index is 1.86. The summed E-state index contributed by atoms with van der Waals surface area (Å²) < 4.78 is 0. The largest absolute Gasteiger partial charge is 0.508 e. The molecule has 2 aliphatic rings. The lowest BCUT2D eigenvalue weighted by molar-refractivity contribution is -0.122. The van der Waals surface area contributed by atoms with Crippen LogP contribution < -0.4 is 5.01 Å². The molecule has 1 amide bonds. The van der Waals surface area contributed by atoms with E-state index in [1.807, 2.05) is 13.0 Å². The van der Waals surface area contributed by atoms with E-state index < -0.39 is 5.41 Å². The molecule has 122 valence electrons. The molecule has 0 aliphatic carbocycles. The molecule has 0 radical (unpaired) electrons. The quantitative estimate of drug-likeness (QED) is 0.790. The van der Waals surface area contributed by atoms with Gasteiger partial charge in [0.1, 0.15) is 11.2 Å². The zero-order valence-electron chi connectivity index (χ0n) is 12.6. The van der Waals surface area contributed by atoms with Crippen molar-refractivity contribution < 1.29 is 9.90 Å². The number of anilines is 1.